The Morgan fingerprint density at radius 2 is 1.77 bits per heavy atom. The van der Waals surface area contributed by atoms with Crippen molar-refractivity contribution in [2.24, 2.45) is 5.92 Å². The molecule has 1 saturated heterocycles. The highest BCUT2D eigenvalue weighted by Crippen LogP contribution is 2.41. The van der Waals surface area contributed by atoms with Gasteiger partial charge in [-0.25, -0.2) is 0 Å². The lowest BCUT2D eigenvalue weighted by molar-refractivity contribution is -0.140. The maximum Gasteiger partial charge on any atom is 0.295 e. The molecule has 3 aromatic rings. The third kappa shape index (κ3) is 5.43. The molecule has 0 aliphatic carbocycles. The minimum atomic E-state index is -0.752. The molecule has 1 atom stereocenters. The first-order chi connectivity index (χ1) is 16.8. The standard InChI is InChI=1S/C29H30N2O4/c1-19(2)13-16-35-24-6-4-5-23(17-24)26-25(27(32)22-9-7-20(3)8-10-22)28(33)29(34)31(26)18-21-11-14-30-15-12-21/h4-12,14-15,17,19,26,32H,13,16,18H2,1-3H3. The molecule has 1 N–H and O–H groups in total. The Morgan fingerprint density at radius 3 is 2.46 bits per heavy atom. The van der Waals surface area contributed by atoms with E-state index in [-0.39, 0.29) is 17.9 Å². The zero-order valence-corrected chi connectivity index (χ0v) is 20.3. The molecule has 180 valence electrons. The molecule has 1 fully saturated rings. The fourth-order valence-corrected chi connectivity index (χ4v) is 4.13. The summed E-state index contributed by atoms with van der Waals surface area (Å²) in [6.45, 7) is 7.00. The Labute approximate surface area is 205 Å². The lowest BCUT2D eigenvalue weighted by Gasteiger charge is -2.26. The lowest BCUT2D eigenvalue weighted by Crippen LogP contribution is -2.29. The average molecular weight is 471 g/mol. The first kappa shape index (κ1) is 24.2. The molecular weight excluding hydrogens is 440 g/mol. The summed E-state index contributed by atoms with van der Waals surface area (Å²) in [6.07, 6.45) is 4.21. The van der Waals surface area contributed by atoms with Gasteiger partial charge in [0.25, 0.3) is 11.7 Å². The van der Waals surface area contributed by atoms with Crippen LogP contribution in [-0.4, -0.2) is 33.3 Å². The number of ketones is 1. The topological polar surface area (TPSA) is 79.7 Å². The zero-order valence-electron chi connectivity index (χ0n) is 20.3. The van der Waals surface area contributed by atoms with Gasteiger partial charge in [0.15, 0.2) is 0 Å². The number of hydrogen-bond donors (Lipinski definition) is 1. The first-order valence-electron chi connectivity index (χ1n) is 11.8. The first-order valence-corrected chi connectivity index (χ1v) is 11.8. The van der Waals surface area contributed by atoms with Crippen molar-refractivity contribution < 1.29 is 19.4 Å². The van der Waals surface area contributed by atoms with E-state index in [2.05, 4.69) is 18.8 Å². The Morgan fingerprint density at radius 1 is 1.06 bits per heavy atom. The Kier molecular flexibility index (Phi) is 7.30. The number of aryl methyl sites for hydroxylation is 1. The Hall–Kier alpha value is -3.93. The van der Waals surface area contributed by atoms with Gasteiger partial charge in [0, 0.05) is 24.5 Å². The summed E-state index contributed by atoms with van der Waals surface area (Å²) in [7, 11) is 0. The second kappa shape index (κ2) is 10.6. The lowest BCUT2D eigenvalue weighted by atomic mass is 9.94. The highest BCUT2D eigenvalue weighted by molar-refractivity contribution is 6.46. The number of hydrogen-bond acceptors (Lipinski definition) is 5. The van der Waals surface area contributed by atoms with Crippen LogP contribution in [0, 0.1) is 12.8 Å². The normalized spacial score (nSPS) is 17.3. The van der Waals surface area contributed by atoms with Crippen LogP contribution in [0.5, 0.6) is 5.75 Å². The molecule has 35 heavy (non-hydrogen) atoms. The van der Waals surface area contributed by atoms with Crippen LogP contribution < -0.4 is 4.74 Å². The van der Waals surface area contributed by atoms with E-state index in [1.807, 2.05) is 55.5 Å². The van der Waals surface area contributed by atoms with Crippen LogP contribution in [0.15, 0.2) is 78.6 Å². The van der Waals surface area contributed by atoms with Crippen LogP contribution in [0.3, 0.4) is 0 Å². The zero-order chi connectivity index (χ0) is 24.9. The van der Waals surface area contributed by atoms with Crippen LogP contribution in [0.4, 0.5) is 0 Å². The molecule has 1 amide bonds. The number of aliphatic hydroxyl groups excluding tert-OH is 1. The summed E-state index contributed by atoms with van der Waals surface area (Å²) >= 11 is 0. The van der Waals surface area contributed by atoms with Crippen LogP contribution in [0.25, 0.3) is 5.76 Å². The number of carbonyl (C=O) groups is 2. The van der Waals surface area contributed by atoms with Crippen molar-refractivity contribution in [2.45, 2.75) is 39.8 Å². The molecule has 2 aromatic carbocycles. The predicted molar refractivity (Wildman–Crippen MR) is 135 cm³/mol. The van der Waals surface area contributed by atoms with E-state index in [1.165, 1.54) is 4.90 Å². The van der Waals surface area contributed by atoms with Gasteiger partial charge in [-0.05, 0) is 54.7 Å². The van der Waals surface area contributed by atoms with Crippen molar-refractivity contribution in [3.05, 3.63) is 101 Å². The van der Waals surface area contributed by atoms with E-state index in [4.69, 9.17) is 4.74 Å². The van der Waals surface area contributed by atoms with Gasteiger partial charge in [0.1, 0.15) is 11.5 Å². The number of nitrogens with zero attached hydrogens (tertiary/aromatic N) is 2. The summed E-state index contributed by atoms with van der Waals surface area (Å²) in [4.78, 5) is 32.0. The number of Topliss-reactive ketones (excluding diaryl/α,β-unsaturated/α-hetero) is 1. The van der Waals surface area contributed by atoms with Gasteiger partial charge < -0.3 is 14.7 Å². The minimum absolute atomic E-state index is 0.0761. The number of aromatic nitrogens is 1. The maximum atomic E-state index is 13.3. The highest BCUT2D eigenvalue weighted by atomic mass is 16.5. The molecule has 2 heterocycles. The molecule has 0 spiro atoms. The molecular formula is C29H30N2O4. The van der Waals surface area contributed by atoms with Crippen LogP contribution in [-0.2, 0) is 16.1 Å². The summed E-state index contributed by atoms with van der Waals surface area (Å²) in [5.74, 6) is -0.357. The third-order valence-corrected chi connectivity index (χ3v) is 6.10. The number of amides is 1. The highest BCUT2D eigenvalue weighted by Gasteiger charge is 2.46. The largest absolute Gasteiger partial charge is 0.507 e. The molecule has 6 nitrogen and oxygen atoms in total. The van der Waals surface area contributed by atoms with E-state index >= 15 is 0 Å². The predicted octanol–water partition coefficient (Wildman–Crippen LogP) is 5.44. The number of likely N-dealkylation sites (tertiary alicyclic amines) is 1. The minimum Gasteiger partial charge on any atom is -0.507 e. The van der Waals surface area contributed by atoms with E-state index in [0.717, 1.165) is 17.5 Å². The van der Waals surface area contributed by atoms with Crippen LogP contribution in [0.2, 0.25) is 0 Å². The number of carbonyl (C=O) groups excluding carboxylic acids is 2. The summed E-state index contributed by atoms with van der Waals surface area (Å²) in [5, 5.41) is 11.2. The molecule has 1 aliphatic heterocycles. The fraction of sp³-hybridized carbons (Fsp3) is 0.276. The molecule has 0 saturated carbocycles. The maximum absolute atomic E-state index is 13.3. The van der Waals surface area contributed by atoms with Gasteiger partial charge in [-0.3, -0.25) is 14.6 Å². The van der Waals surface area contributed by atoms with Crippen molar-refractivity contribution in [2.75, 3.05) is 6.61 Å². The van der Waals surface area contributed by atoms with Gasteiger partial charge in [0.05, 0.1) is 18.2 Å². The second-order valence-corrected chi connectivity index (χ2v) is 9.25. The van der Waals surface area contributed by atoms with E-state index in [9.17, 15) is 14.7 Å². The van der Waals surface area contributed by atoms with Gasteiger partial charge in [-0.2, -0.15) is 0 Å². The van der Waals surface area contributed by atoms with Crippen LogP contribution in [0.1, 0.15) is 48.6 Å². The molecule has 1 aromatic heterocycles. The molecule has 0 radical (unpaired) electrons. The number of rotatable bonds is 8. The summed E-state index contributed by atoms with van der Waals surface area (Å²) in [5.41, 5.74) is 3.14. The van der Waals surface area contributed by atoms with Crippen molar-refractivity contribution in [1.82, 2.24) is 9.88 Å². The Balaban J connectivity index is 1.78. The van der Waals surface area contributed by atoms with Gasteiger partial charge in [-0.1, -0.05) is 55.8 Å². The van der Waals surface area contributed by atoms with Crippen molar-refractivity contribution >= 4 is 17.4 Å². The van der Waals surface area contributed by atoms with Gasteiger partial charge >= 0.3 is 0 Å². The number of benzene rings is 2. The van der Waals surface area contributed by atoms with Gasteiger partial charge in [-0.15, -0.1) is 0 Å². The quantitative estimate of drug-likeness (QED) is 0.270. The summed E-state index contributed by atoms with van der Waals surface area (Å²) in [6, 6.07) is 17.5. The second-order valence-electron chi connectivity index (χ2n) is 9.25. The summed E-state index contributed by atoms with van der Waals surface area (Å²) < 4.78 is 5.94. The molecule has 1 aliphatic rings. The Bertz CT molecular complexity index is 1230. The van der Waals surface area contributed by atoms with Crippen molar-refractivity contribution in [3.8, 4) is 5.75 Å². The third-order valence-electron chi connectivity index (χ3n) is 6.10. The van der Waals surface area contributed by atoms with E-state index in [0.29, 0.717) is 29.4 Å². The number of aliphatic hydroxyl groups is 1. The van der Waals surface area contributed by atoms with Gasteiger partial charge in [0.2, 0.25) is 0 Å². The monoisotopic (exact) mass is 470 g/mol. The number of pyridine rings is 1. The number of ether oxygens (including phenoxy) is 1. The van der Waals surface area contributed by atoms with E-state index in [1.54, 1.807) is 24.5 Å². The molecule has 0 bridgehead atoms. The van der Waals surface area contributed by atoms with E-state index < -0.39 is 17.7 Å². The molecule has 6 heteroatoms. The SMILES string of the molecule is Cc1ccc(C(O)=C2C(=O)C(=O)N(Cc3ccncc3)C2c2cccc(OCCC(C)C)c2)cc1. The van der Waals surface area contributed by atoms with Crippen molar-refractivity contribution in [1.29, 1.82) is 0 Å². The smallest absolute Gasteiger partial charge is 0.295 e. The average Bonchev–Trinajstić information content (AvgIpc) is 3.09. The fourth-order valence-electron chi connectivity index (χ4n) is 4.13. The molecule has 4 rings (SSSR count). The van der Waals surface area contributed by atoms with Crippen molar-refractivity contribution in [3.63, 3.8) is 0 Å². The molecule has 1 unspecified atom stereocenters. The van der Waals surface area contributed by atoms with Crippen LogP contribution >= 0.6 is 0 Å².